The summed E-state index contributed by atoms with van der Waals surface area (Å²) >= 11 is 0. The maximum Gasteiger partial charge on any atom is 0.138 e. The summed E-state index contributed by atoms with van der Waals surface area (Å²) in [6.45, 7) is 6.97. The summed E-state index contributed by atoms with van der Waals surface area (Å²) in [6.07, 6.45) is 3.77. The van der Waals surface area contributed by atoms with Crippen LogP contribution < -0.4 is 0 Å². The van der Waals surface area contributed by atoms with Crippen LogP contribution in [-0.2, 0) is 0 Å². The van der Waals surface area contributed by atoms with Gasteiger partial charge in [-0.05, 0) is 85.5 Å². The van der Waals surface area contributed by atoms with Crippen molar-refractivity contribution >= 4 is 51.2 Å². The van der Waals surface area contributed by atoms with E-state index in [1.807, 2.05) is 0 Å². The van der Waals surface area contributed by atoms with E-state index >= 15 is 0 Å². The lowest BCUT2D eigenvalue weighted by atomic mass is 9.94. The number of fused-ring (bicyclic) bond motifs is 6. The van der Waals surface area contributed by atoms with Crippen LogP contribution in [-0.4, -0.2) is 8.07 Å². The SMILES string of the molecule is CCC[Si](C#Cc1ccc2c(ccc3c4cc5ccccc5cc4ccc23)c1)(CCC)CCC. The lowest BCUT2D eigenvalue weighted by Gasteiger charge is -2.24. The fraction of sp³-hybridized carbons (Fsp3) is 0.273. The van der Waals surface area contributed by atoms with Crippen molar-refractivity contribution in [1.82, 2.24) is 0 Å². The largest absolute Gasteiger partial charge is 0.138 e. The second-order valence-corrected chi connectivity index (χ2v) is 14.2. The van der Waals surface area contributed by atoms with Crippen LogP contribution in [0.15, 0.2) is 78.9 Å². The summed E-state index contributed by atoms with van der Waals surface area (Å²) in [7, 11) is -1.50. The van der Waals surface area contributed by atoms with E-state index in [2.05, 4.69) is 111 Å². The molecule has 5 aromatic rings. The van der Waals surface area contributed by atoms with Gasteiger partial charge in [-0.1, -0.05) is 101 Å². The van der Waals surface area contributed by atoms with Crippen molar-refractivity contribution < 1.29 is 0 Å². The molecule has 0 radical (unpaired) electrons. The van der Waals surface area contributed by atoms with Crippen LogP contribution >= 0.6 is 0 Å². The van der Waals surface area contributed by atoms with Crippen molar-refractivity contribution in [3.63, 3.8) is 0 Å². The van der Waals surface area contributed by atoms with E-state index in [9.17, 15) is 0 Å². The number of hydrogen-bond donors (Lipinski definition) is 0. The Morgan fingerprint density at radius 1 is 0.529 bits per heavy atom. The van der Waals surface area contributed by atoms with E-state index in [4.69, 9.17) is 0 Å². The third-order valence-electron chi connectivity index (χ3n) is 7.36. The molecular formula is C33H34Si. The number of benzene rings is 5. The first-order valence-electron chi connectivity index (χ1n) is 13.0. The highest BCUT2D eigenvalue weighted by atomic mass is 28.3. The van der Waals surface area contributed by atoms with Gasteiger partial charge in [0, 0.05) is 5.56 Å². The molecule has 0 aromatic heterocycles. The van der Waals surface area contributed by atoms with Gasteiger partial charge in [-0.2, -0.15) is 0 Å². The molecule has 0 aliphatic carbocycles. The number of rotatable bonds is 6. The minimum absolute atomic E-state index is 1.17. The van der Waals surface area contributed by atoms with Crippen molar-refractivity contribution in [3.05, 3.63) is 84.4 Å². The molecule has 0 aliphatic heterocycles. The Morgan fingerprint density at radius 3 is 1.74 bits per heavy atom. The molecule has 1 heteroatoms. The van der Waals surface area contributed by atoms with Crippen LogP contribution in [0.4, 0.5) is 0 Å². The standard InChI is InChI=1S/C33H34Si/c1-4-18-34(19-5-2,20-6-3)21-17-25-11-14-30-28(22-25)12-16-32-31(30)15-13-29-23-26-9-7-8-10-27(26)24-33(29)32/h7-16,22-24H,4-6,18-20H2,1-3H3. The van der Waals surface area contributed by atoms with E-state index in [0.29, 0.717) is 0 Å². The molecule has 0 nitrogen and oxygen atoms in total. The van der Waals surface area contributed by atoms with Crippen molar-refractivity contribution in [2.75, 3.05) is 0 Å². The first kappa shape index (κ1) is 22.7. The van der Waals surface area contributed by atoms with Gasteiger partial charge in [-0.15, -0.1) is 5.54 Å². The third kappa shape index (κ3) is 4.24. The Balaban J connectivity index is 1.60. The van der Waals surface area contributed by atoms with Crippen molar-refractivity contribution in [2.24, 2.45) is 0 Å². The highest BCUT2D eigenvalue weighted by Gasteiger charge is 2.28. The summed E-state index contributed by atoms with van der Waals surface area (Å²) in [4.78, 5) is 0. The Bertz CT molecular complexity index is 1530. The second-order valence-electron chi connectivity index (χ2n) is 9.86. The van der Waals surface area contributed by atoms with E-state index in [1.54, 1.807) is 0 Å². The predicted molar refractivity (Wildman–Crippen MR) is 154 cm³/mol. The molecule has 170 valence electrons. The van der Waals surface area contributed by atoms with Gasteiger partial charge >= 0.3 is 0 Å². The van der Waals surface area contributed by atoms with Crippen LogP contribution in [0.2, 0.25) is 18.1 Å². The average molecular weight is 459 g/mol. The highest BCUT2D eigenvalue weighted by molar-refractivity contribution is 6.87. The summed E-state index contributed by atoms with van der Waals surface area (Å²) in [5, 5.41) is 10.5. The van der Waals surface area contributed by atoms with Crippen LogP contribution in [0, 0.1) is 11.5 Å². The zero-order chi connectivity index (χ0) is 23.5. The quantitative estimate of drug-likeness (QED) is 0.103. The van der Waals surface area contributed by atoms with Crippen LogP contribution in [0.25, 0.3) is 43.1 Å². The minimum Gasteiger partial charge on any atom is -0.126 e. The summed E-state index contributed by atoms with van der Waals surface area (Å²) < 4.78 is 0. The van der Waals surface area contributed by atoms with Gasteiger partial charge in [0.1, 0.15) is 8.07 Å². The van der Waals surface area contributed by atoms with Crippen molar-refractivity contribution in [2.45, 2.75) is 58.2 Å². The molecule has 0 saturated heterocycles. The normalized spacial score (nSPS) is 11.9. The predicted octanol–water partition coefficient (Wildman–Crippen LogP) is 9.87. The lowest BCUT2D eigenvalue weighted by Crippen LogP contribution is -2.32. The van der Waals surface area contributed by atoms with Crippen LogP contribution in [0.5, 0.6) is 0 Å². The van der Waals surface area contributed by atoms with E-state index in [-0.39, 0.29) is 0 Å². The molecule has 5 rings (SSSR count). The minimum atomic E-state index is -1.50. The molecule has 0 atom stereocenters. The molecule has 0 aliphatic rings. The monoisotopic (exact) mass is 458 g/mol. The van der Waals surface area contributed by atoms with Gasteiger partial charge in [0.15, 0.2) is 0 Å². The molecule has 0 heterocycles. The smallest absolute Gasteiger partial charge is 0.126 e. The topological polar surface area (TPSA) is 0 Å². The molecular weight excluding hydrogens is 424 g/mol. The van der Waals surface area contributed by atoms with Gasteiger partial charge < -0.3 is 0 Å². The van der Waals surface area contributed by atoms with Gasteiger partial charge in [-0.3, -0.25) is 0 Å². The van der Waals surface area contributed by atoms with Gasteiger partial charge in [-0.25, -0.2) is 0 Å². The summed E-state index contributed by atoms with van der Waals surface area (Å²) in [5.74, 6) is 3.64. The van der Waals surface area contributed by atoms with Gasteiger partial charge in [0.2, 0.25) is 0 Å². The van der Waals surface area contributed by atoms with E-state index < -0.39 is 8.07 Å². The zero-order valence-electron chi connectivity index (χ0n) is 20.7. The highest BCUT2D eigenvalue weighted by Crippen LogP contribution is 2.34. The third-order valence-corrected chi connectivity index (χ3v) is 12.4. The molecule has 0 saturated carbocycles. The van der Waals surface area contributed by atoms with Crippen LogP contribution in [0.1, 0.15) is 45.6 Å². The first-order chi connectivity index (χ1) is 16.7. The molecule has 34 heavy (non-hydrogen) atoms. The second kappa shape index (κ2) is 9.65. The Hall–Kier alpha value is -3.08. The van der Waals surface area contributed by atoms with Crippen molar-refractivity contribution in [1.29, 1.82) is 0 Å². The first-order valence-corrected chi connectivity index (χ1v) is 15.6. The van der Waals surface area contributed by atoms with Gasteiger partial charge in [0.25, 0.3) is 0 Å². The molecule has 0 bridgehead atoms. The summed E-state index contributed by atoms with van der Waals surface area (Å²) in [6, 6.07) is 33.3. The maximum absolute atomic E-state index is 3.88. The molecule has 0 N–H and O–H groups in total. The number of hydrogen-bond acceptors (Lipinski definition) is 0. The molecule has 0 amide bonds. The van der Waals surface area contributed by atoms with E-state index in [0.717, 1.165) is 0 Å². The fourth-order valence-electron chi connectivity index (χ4n) is 5.85. The summed E-state index contributed by atoms with van der Waals surface area (Å²) in [5.41, 5.74) is 5.05. The molecule has 0 spiro atoms. The van der Waals surface area contributed by atoms with E-state index in [1.165, 1.54) is 86.0 Å². The molecule has 0 fully saturated rings. The Kier molecular flexibility index (Phi) is 6.44. The Labute approximate surface area is 205 Å². The fourth-order valence-corrected chi connectivity index (χ4v) is 10.3. The molecule has 0 unspecified atom stereocenters. The lowest BCUT2D eigenvalue weighted by molar-refractivity contribution is 0.940. The Morgan fingerprint density at radius 2 is 1.09 bits per heavy atom. The van der Waals surface area contributed by atoms with Gasteiger partial charge in [0.05, 0.1) is 0 Å². The zero-order valence-corrected chi connectivity index (χ0v) is 21.7. The van der Waals surface area contributed by atoms with Crippen LogP contribution in [0.3, 0.4) is 0 Å². The van der Waals surface area contributed by atoms with Crippen molar-refractivity contribution in [3.8, 4) is 11.5 Å². The molecule has 5 aromatic carbocycles. The maximum atomic E-state index is 3.88. The average Bonchev–Trinajstić information content (AvgIpc) is 2.86.